The van der Waals surface area contributed by atoms with Crippen LogP contribution in [-0.4, -0.2) is 89.8 Å². The first-order valence-electron chi connectivity index (χ1n) is 12.3. The van der Waals surface area contributed by atoms with Gasteiger partial charge in [-0.05, 0) is 52.5 Å². The van der Waals surface area contributed by atoms with E-state index in [0.717, 1.165) is 16.2 Å². The number of thiophene rings is 1. The third-order valence-corrected chi connectivity index (χ3v) is 6.92. The van der Waals surface area contributed by atoms with Crippen molar-refractivity contribution in [3.63, 3.8) is 0 Å². The highest BCUT2D eigenvalue weighted by molar-refractivity contribution is 7.80. The zero-order valence-electron chi connectivity index (χ0n) is 23.9. The Morgan fingerprint density at radius 2 is 1.76 bits per heavy atom. The van der Waals surface area contributed by atoms with Crippen LogP contribution in [0.3, 0.4) is 0 Å². The van der Waals surface area contributed by atoms with E-state index < -0.39 is 57.8 Å². The number of carbonyl (C=O) groups excluding carboxylic acids is 4. The summed E-state index contributed by atoms with van der Waals surface area (Å²) in [5, 5.41) is 7.40. The molecule has 0 radical (unpaired) electrons. The van der Waals surface area contributed by atoms with Gasteiger partial charge in [0.1, 0.15) is 23.3 Å². The number of urea groups is 1. The van der Waals surface area contributed by atoms with Crippen molar-refractivity contribution in [1.29, 1.82) is 0 Å². The van der Waals surface area contributed by atoms with Crippen LogP contribution in [0.2, 0.25) is 0 Å². The fourth-order valence-corrected chi connectivity index (χ4v) is 5.59. The maximum absolute atomic E-state index is 13.3. The Bertz CT molecular complexity index is 1360. The Kier molecular flexibility index (Phi) is 8.92. The number of aliphatic imine (C=N–C) groups is 1. The molecule has 0 spiro atoms. The summed E-state index contributed by atoms with van der Waals surface area (Å²) in [5.41, 5.74) is -0.811. The van der Waals surface area contributed by atoms with Gasteiger partial charge in [-0.15, -0.1) is 20.6 Å². The number of guanidine groups is 1. The molecule has 1 aromatic rings. The number of nitrogens with zero attached hydrogens (tertiary/aromatic N) is 4. The molecule has 3 heterocycles. The van der Waals surface area contributed by atoms with Gasteiger partial charge in [-0.2, -0.15) is 13.5 Å². The van der Waals surface area contributed by atoms with Crippen LogP contribution in [0.15, 0.2) is 10.4 Å². The number of likely N-dealkylation sites (N-methyl/N-ethyl adjacent to an activating group) is 1. The van der Waals surface area contributed by atoms with Gasteiger partial charge < -0.3 is 24.6 Å². The van der Waals surface area contributed by atoms with Crippen LogP contribution in [0, 0.1) is 0 Å². The van der Waals surface area contributed by atoms with E-state index in [9.17, 15) is 32.1 Å². The number of nitrogens with one attached hydrogen (secondary N) is 2. The van der Waals surface area contributed by atoms with Crippen molar-refractivity contribution in [2.75, 3.05) is 20.6 Å². The van der Waals surface area contributed by atoms with Gasteiger partial charge in [-0.3, -0.25) is 14.7 Å². The van der Waals surface area contributed by atoms with Crippen molar-refractivity contribution in [1.82, 2.24) is 25.5 Å². The van der Waals surface area contributed by atoms with Gasteiger partial charge in [0.15, 0.2) is 0 Å². The molecule has 41 heavy (non-hydrogen) atoms. The minimum atomic E-state index is -5.04. The Morgan fingerprint density at radius 3 is 2.29 bits per heavy atom. The van der Waals surface area contributed by atoms with E-state index in [-0.39, 0.29) is 19.0 Å². The second kappa shape index (κ2) is 11.4. The molecule has 2 unspecified atom stereocenters. The number of hydroxylamine groups is 2. The highest BCUT2D eigenvalue weighted by atomic mass is 32.3. The van der Waals surface area contributed by atoms with Crippen molar-refractivity contribution >= 4 is 51.8 Å². The minimum absolute atomic E-state index is 0.0649. The number of rotatable bonds is 5. The number of carbonyl (C=O) groups is 4. The molecule has 3 N–H and O–H groups in total. The number of hydrogen-bond acceptors (Lipinski definition) is 10. The predicted octanol–water partition coefficient (Wildman–Crippen LogP) is 2.31. The molecule has 16 nitrogen and oxygen atoms in total. The first-order valence-corrected chi connectivity index (χ1v) is 14.5. The van der Waals surface area contributed by atoms with Gasteiger partial charge >= 0.3 is 28.6 Å². The Morgan fingerprint density at radius 1 is 1.15 bits per heavy atom. The van der Waals surface area contributed by atoms with Crippen molar-refractivity contribution in [2.24, 2.45) is 4.99 Å². The molecule has 2 aliphatic heterocycles. The maximum atomic E-state index is 13.3. The molecule has 1 aromatic heterocycles. The average Bonchev–Trinajstić information content (AvgIpc) is 3.30. The highest BCUT2D eigenvalue weighted by Gasteiger charge is 2.54. The minimum Gasteiger partial charge on any atom is -0.444 e. The van der Waals surface area contributed by atoms with E-state index in [4.69, 9.17) is 9.47 Å². The summed E-state index contributed by atoms with van der Waals surface area (Å²) < 4.78 is 47.1. The van der Waals surface area contributed by atoms with E-state index in [0.29, 0.717) is 21.1 Å². The lowest BCUT2D eigenvalue weighted by Crippen LogP contribution is -2.45. The summed E-state index contributed by atoms with van der Waals surface area (Å²) >= 11 is 1.14. The molecular formula is C23H34N6O10S2. The fraction of sp³-hybridized carbons (Fsp3) is 0.609. The average molecular weight is 619 g/mol. The zero-order chi connectivity index (χ0) is 31.1. The summed E-state index contributed by atoms with van der Waals surface area (Å²) in [5.74, 6) is -0.767. The van der Waals surface area contributed by atoms with Crippen LogP contribution in [0.25, 0.3) is 0 Å². The monoisotopic (exact) mass is 618 g/mol. The second-order valence-electron chi connectivity index (χ2n) is 11.4. The van der Waals surface area contributed by atoms with Gasteiger partial charge in [0, 0.05) is 31.1 Å². The third-order valence-electron chi connectivity index (χ3n) is 5.43. The molecule has 2 bridgehead atoms. The Labute approximate surface area is 241 Å². The molecule has 3 rings (SSSR count). The molecule has 0 aromatic carbocycles. The van der Waals surface area contributed by atoms with Crippen molar-refractivity contribution in [3.05, 3.63) is 21.4 Å². The molecular weight excluding hydrogens is 584 g/mol. The van der Waals surface area contributed by atoms with Crippen LogP contribution in [0.5, 0.6) is 0 Å². The lowest BCUT2D eigenvalue weighted by molar-refractivity contribution is -0.133. The van der Waals surface area contributed by atoms with Crippen LogP contribution in [0.4, 0.5) is 14.4 Å². The molecule has 1 saturated heterocycles. The van der Waals surface area contributed by atoms with Crippen molar-refractivity contribution < 1.29 is 45.9 Å². The van der Waals surface area contributed by atoms with Crippen molar-refractivity contribution in [3.8, 4) is 0 Å². The second-order valence-corrected chi connectivity index (χ2v) is 13.3. The number of fused-ring (bicyclic) bond motifs is 4. The first-order chi connectivity index (χ1) is 18.7. The number of alkyl carbamates (subject to hydrolysis) is 1. The first kappa shape index (κ1) is 32.0. The van der Waals surface area contributed by atoms with E-state index in [1.807, 2.05) is 0 Å². The molecule has 5 amide bonds. The largest absolute Gasteiger partial charge is 0.444 e. The topological polar surface area (TPSA) is 196 Å². The predicted molar refractivity (Wildman–Crippen MR) is 145 cm³/mol. The Hall–Kier alpha value is -3.48. The molecule has 18 heteroatoms. The summed E-state index contributed by atoms with van der Waals surface area (Å²) in [7, 11) is -2.03. The van der Waals surface area contributed by atoms with Gasteiger partial charge in [0.2, 0.25) is 11.9 Å². The molecule has 228 valence electrons. The summed E-state index contributed by atoms with van der Waals surface area (Å²) in [6, 6.07) is -3.00. The van der Waals surface area contributed by atoms with Crippen molar-refractivity contribution in [2.45, 2.75) is 71.4 Å². The lowest BCUT2D eigenvalue weighted by Gasteiger charge is -2.32. The maximum Gasteiger partial charge on any atom is 0.437 e. The number of hydrogen-bond donors (Lipinski definition) is 3. The molecule has 2 aliphatic rings. The molecule has 2 atom stereocenters. The summed E-state index contributed by atoms with van der Waals surface area (Å²) in [6.07, 6.45) is -1.88. The van der Waals surface area contributed by atoms with Gasteiger partial charge in [0.05, 0.1) is 6.54 Å². The molecule has 0 aliphatic carbocycles. The van der Waals surface area contributed by atoms with Crippen LogP contribution < -0.4 is 10.6 Å². The van der Waals surface area contributed by atoms with E-state index >= 15 is 0 Å². The molecule has 1 fully saturated rings. The highest BCUT2D eigenvalue weighted by Crippen LogP contribution is 2.48. The van der Waals surface area contributed by atoms with Crippen LogP contribution in [-0.2, 0) is 35.5 Å². The lowest BCUT2D eigenvalue weighted by atomic mass is 9.94. The smallest absolute Gasteiger partial charge is 0.437 e. The van der Waals surface area contributed by atoms with E-state index in [1.54, 1.807) is 46.9 Å². The fourth-order valence-electron chi connectivity index (χ4n) is 4.04. The standard InChI is InChI=1S/C23H34N6O10S2/c1-22(2,3)37-19(31)25-18(26-20(32)38-23(4,5)6)24-9-12-11-40-16-13-10-28(15(14(12)16)17(30)27(7)8)21(33)29(13)39-41(34,35)36/h11,13,15H,9-10H2,1-8H3,(H,34,35,36)(H2,24,25,26,31,32). The normalized spacial score (nSPS) is 19.0. The Balaban J connectivity index is 1.97. The number of ether oxygens (including phenoxy) is 2. The molecule has 0 saturated carbocycles. The van der Waals surface area contributed by atoms with Gasteiger partial charge in [-0.25, -0.2) is 14.4 Å². The SMILES string of the molecule is CN(C)C(=O)C1c2c(CN/C(=N/C(=O)OC(C)(C)C)NC(=O)OC(C)(C)C)csc2C2CN1C(=O)N2OS(=O)(=O)O. The van der Waals surface area contributed by atoms with Crippen LogP contribution in [0.1, 0.15) is 69.6 Å². The zero-order valence-corrected chi connectivity index (χ0v) is 25.5. The third kappa shape index (κ3) is 8.05. The quantitative estimate of drug-likeness (QED) is 0.249. The summed E-state index contributed by atoms with van der Waals surface area (Å²) in [6.45, 7) is 9.76. The van der Waals surface area contributed by atoms with E-state index in [2.05, 4.69) is 19.9 Å². The summed E-state index contributed by atoms with van der Waals surface area (Å²) in [4.78, 5) is 57.8. The van der Waals surface area contributed by atoms with Crippen LogP contribution >= 0.6 is 11.3 Å². The number of amides is 5. The van der Waals surface area contributed by atoms with Gasteiger partial charge in [-0.1, -0.05) is 0 Å². The van der Waals surface area contributed by atoms with E-state index in [1.165, 1.54) is 19.0 Å². The van der Waals surface area contributed by atoms with Gasteiger partial charge in [0.25, 0.3) is 0 Å².